The minimum absolute atomic E-state index is 0.306. The van der Waals surface area contributed by atoms with Gasteiger partial charge in [-0.05, 0) is 31.0 Å². The van der Waals surface area contributed by atoms with Crippen molar-refractivity contribution in [3.05, 3.63) is 51.7 Å². The van der Waals surface area contributed by atoms with Crippen LogP contribution in [-0.4, -0.2) is 30.4 Å². The van der Waals surface area contributed by atoms with Crippen molar-refractivity contribution in [3.63, 3.8) is 0 Å². The summed E-state index contributed by atoms with van der Waals surface area (Å²) in [6.07, 6.45) is 2.26. The Morgan fingerprint density at radius 1 is 1.36 bits per heavy atom. The molecular weight excluding hydrogens is 341 g/mol. The standard InChI is InChI=1S/C17H22FN5OS/c1-11-8-21-15(25-11)10-23-17(20-2)22-9-13(16(19)24)7-12-3-5-14(18)6-4-12/h3-6,8,13H,7,9-10H2,1-2H3,(H2,19,24)(H2,20,22,23). The van der Waals surface area contributed by atoms with Crippen molar-refractivity contribution in [3.8, 4) is 0 Å². The maximum absolute atomic E-state index is 13.0. The van der Waals surface area contributed by atoms with Crippen LogP contribution in [-0.2, 0) is 17.8 Å². The summed E-state index contributed by atoms with van der Waals surface area (Å²) in [5.41, 5.74) is 6.34. The van der Waals surface area contributed by atoms with Crippen LogP contribution < -0.4 is 16.4 Å². The molecule has 6 nitrogen and oxygen atoms in total. The van der Waals surface area contributed by atoms with Crippen molar-refractivity contribution < 1.29 is 9.18 Å². The largest absolute Gasteiger partial charge is 0.369 e. The first kappa shape index (κ1) is 18.9. The molecule has 0 fully saturated rings. The molecule has 1 unspecified atom stereocenters. The molecule has 0 spiro atoms. The average Bonchev–Trinajstić information content (AvgIpc) is 3.00. The fourth-order valence-corrected chi connectivity index (χ4v) is 2.99. The number of rotatable bonds is 7. The number of hydrogen-bond donors (Lipinski definition) is 3. The molecule has 134 valence electrons. The Morgan fingerprint density at radius 3 is 2.64 bits per heavy atom. The first-order valence-electron chi connectivity index (χ1n) is 7.87. The molecule has 8 heteroatoms. The topological polar surface area (TPSA) is 92.4 Å². The van der Waals surface area contributed by atoms with Gasteiger partial charge in [-0.3, -0.25) is 9.79 Å². The highest BCUT2D eigenvalue weighted by Gasteiger charge is 2.17. The number of nitrogens with two attached hydrogens (primary N) is 1. The summed E-state index contributed by atoms with van der Waals surface area (Å²) in [5.74, 6) is -0.577. The second-order valence-corrected chi connectivity index (χ2v) is 6.92. The summed E-state index contributed by atoms with van der Waals surface area (Å²) in [7, 11) is 1.65. The molecule has 25 heavy (non-hydrogen) atoms. The lowest BCUT2D eigenvalue weighted by Gasteiger charge is -2.17. The van der Waals surface area contributed by atoms with Gasteiger partial charge in [-0.15, -0.1) is 11.3 Å². The number of nitrogens with zero attached hydrogens (tertiary/aromatic N) is 2. The van der Waals surface area contributed by atoms with Crippen molar-refractivity contribution in [2.45, 2.75) is 19.9 Å². The Labute approximate surface area is 150 Å². The van der Waals surface area contributed by atoms with E-state index in [0.29, 0.717) is 25.5 Å². The van der Waals surface area contributed by atoms with E-state index in [1.165, 1.54) is 12.1 Å². The van der Waals surface area contributed by atoms with Gasteiger partial charge in [0.1, 0.15) is 10.8 Å². The smallest absolute Gasteiger partial charge is 0.222 e. The number of carbonyl (C=O) groups excluding carboxylic acids is 1. The summed E-state index contributed by atoms with van der Waals surface area (Å²) in [5, 5.41) is 7.21. The van der Waals surface area contributed by atoms with E-state index in [9.17, 15) is 9.18 Å². The predicted molar refractivity (Wildman–Crippen MR) is 97.8 cm³/mol. The first-order valence-corrected chi connectivity index (χ1v) is 8.69. The van der Waals surface area contributed by atoms with Crippen LogP contribution in [0.5, 0.6) is 0 Å². The van der Waals surface area contributed by atoms with Crippen molar-refractivity contribution in [2.75, 3.05) is 13.6 Å². The lowest BCUT2D eigenvalue weighted by atomic mass is 9.98. The fraction of sp³-hybridized carbons (Fsp3) is 0.353. The Bertz CT molecular complexity index is 729. The van der Waals surface area contributed by atoms with Gasteiger partial charge in [0, 0.05) is 24.7 Å². The molecule has 0 bridgehead atoms. The zero-order valence-electron chi connectivity index (χ0n) is 14.3. The molecule has 1 aromatic heterocycles. The Kier molecular flexibility index (Phi) is 6.88. The molecule has 2 aromatic rings. The molecule has 1 heterocycles. The number of hydrogen-bond acceptors (Lipinski definition) is 4. The van der Waals surface area contributed by atoms with E-state index in [1.807, 2.05) is 13.1 Å². The summed E-state index contributed by atoms with van der Waals surface area (Å²) < 4.78 is 13.0. The number of halogens is 1. The SMILES string of the molecule is CN=C(NCc1ncc(C)s1)NCC(Cc1ccc(F)cc1)C(N)=O. The van der Waals surface area contributed by atoms with Crippen LogP contribution in [0.3, 0.4) is 0 Å². The lowest BCUT2D eigenvalue weighted by molar-refractivity contribution is -0.121. The normalized spacial score (nSPS) is 12.7. The number of thiazole rings is 1. The van der Waals surface area contributed by atoms with Gasteiger partial charge in [0.05, 0.1) is 12.5 Å². The van der Waals surface area contributed by atoms with Crippen LogP contribution in [0.2, 0.25) is 0 Å². The van der Waals surface area contributed by atoms with Crippen molar-refractivity contribution in [1.82, 2.24) is 15.6 Å². The number of benzene rings is 1. The molecular formula is C17H22FN5OS. The number of primary amides is 1. The number of aromatic nitrogens is 1. The highest BCUT2D eigenvalue weighted by atomic mass is 32.1. The molecule has 4 N–H and O–H groups in total. The summed E-state index contributed by atoms with van der Waals surface area (Å²) in [6, 6.07) is 6.06. The summed E-state index contributed by atoms with van der Waals surface area (Å²) in [6.45, 7) is 2.89. The molecule has 1 atom stereocenters. The quantitative estimate of drug-likeness (QED) is 0.515. The van der Waals surface area contributed by atoms with E-state index < -0.39 is 11.8 Å². The zero-order chi connectivity index (χ0) is 18.2. The van der Waals surface area contributed by atoms with Gasteiger partial charge in [0.25, 0.3) is 0 Å². The monoisotopic (exact) mass is 363 g/mol. The minimum Gasteiger partial charge on any atom is -0.369 e. The van der Waals surface area contributed by atoms with E-state index in [0.717, 1.165) is 15.4 Å². The fourth-order valence-electron chi connectivity index (χ4n) is 2.26. The van der Waals surface area contributed by atoms with Crippen LogP contribution in [0, 0.1) is 18.7 Å². The van der Waals surface area contributed by atoms with Gasteiger partial charge in [-0.1, -0.05) is 12.1 Å². The molecule has 0 aliphatic rings. The van der Waals surface area contributed by atoms with Crippen molar-refractivity contribution >= 4 is 23.2 Å². The number of amides is 1. The molecule has 0 aliphatic carbocycles. The van der Waals surface area contributed by atoms with Crippen LogP contribution in [0.1, 0.15) is 15.4 Å². The third kappa shape index (κ3) is 6.15. The molecule has 1 aromatic carbocycles. The maximum atomic E-state index is 13.0. The molecule has 1 amide bonds. The second-order valence-electron chi connectivity index (χ2n) is 5.60. The minimum atomic E-state index is -0.425. The summed E-state index contributed by atoms with van der Waals surface area (Å²) >= 11 is 1.61. The first-order chi connectivity index (χ1) is 12.0. The highest BCUT2D eigenvalue weighted by Crippen LogP contribution is 2.11. The van der Waals surface area contributed by atoms with Gasteiger partial charge in [0.2, 0.25) is 5.91 Å². The van der Waals surface area contributed by atoms with Crippen LogP contribution in [0.25, 0.3) is 0 Å². The number of aryl methyl sites for hydroxylation is 1. The van der Waals surface area contributed by atoms with Gasteiger partial charge >= 0.3 is 0 Å². The molecule has 2 rings (SSSR count). The number of guanidine groups is 1. The van der Waals surface area contributed by atoms with Gasteiger partial charge in [0.15, 0.2) is 5.96 Å². The Balaban J connectivity index is 1.87. The average molecular weight is 363 g/mol. The van der Waals surface area contributed by atoms with Crippen LogP contribution in [0.4, 0.5) is 4.39 Å². The molecule has 0 saturated heterocycles. The Hall–Kier alpha value is -2.48. The second kappa shape index (κ2) is 9.12. The molecule has 0 aliphatic heterocycles. The van der Waals surface area contributed by atoms with Crippen molar-refractivity contribution in [2.24, 2.45) is 16.6 Å². The number of carbonyl (C=O) groups is 1. The molecule has 0 radical (unpaired) electrons. The lowest BCUT2D eigenvalue weighted by Crippen LogP contribution is -2.42. The zero-order valence-corrected chi connectivity index (χ0v) is 15.1. The predicted octanol–water partition coefficient (Wildman–Crippen LogP) is 1.60. The van der Waals surface area contributed by atoms with E-state index in [1.54, 1.807) is 30.5 Å². The van der Waals surface area contributed by atoms with Crippen molar-refractivity contribution in [1.29, 1.82) is 0 Å². The van der Waals surface area contributed by atoms with E-state index in [4.69, 9.17) is 5.73 Å². The van der Waals surface area contributed by atoms with Gasteiger partial charge in [-0.25, -0.2) is 9.37 Å². The maximum Gasteiger partial charge on any atom is 0.222 e. The third-order valence-electron chi connectivity index (χ3n) is 3.61. The highest BCUT2D eigenvalue weighted by molar-refractivity contribution is 7.11. The van der Waals surface area contributed by atoms with Crippen LogP contribution in [0.15, 0.2) is 35.5 Å². The number of nitrogens with one attached hydrogen (secondary N) is 2. The third-order valence-corrected chi connectivity index (χ3v) is 4.53. The Morgan fingerprint density at radius 2 is 2.08 bits per heavy atom. The molecule has 0 saturated carbocycles. The number of aliphatic imine (C=N–C) groups is 1. The van der Waals surface area contributed by atoms with E-state index in [-0.39, 0.29) is 5.82 Å². The van der Waals surface area contributed by atoms with Gasteiger partial charge in [-0.2, -0.15) is 0 Å². The van der Waals surface area contributed by atoms with E-state index >= 15 is 0 Å². The summed E-state index contributed by atoms with van der Waals surface area (Å²) in [4.78, 5) is 21.2. The van der Waals surface area contributed by atoms with E-state index in [2.05, 4.69) is 20.6 Å². The van der Waals surface area contributed by atoms with Crippen LogP contribution >= 0.6 is 11.3 Å². The van der Waals surface area contributed by atoms with Gasteiger partial charge < -0.3 is 16.4 Å².